The Hall–Kier alpha value is -4.14. The molecule has 0 bridgehead atoms. The van der Waals surface area contributed by atoms with Gasteiger partial charge in [-0.2, -0.15) is 0 Å². The van der Waals surface area contributed by atoms with Gasteiger partial charge in [0.05, 0.1) is 10.5 Å². The number of hydrogen-bond acceptors (Lipinski definition) is 6. The monoisotopic (exact) mass is 378 g/mol. The molecule has 3 aromatic rings. The standard InChI is InChI=1S/C19H14N4O5/c24-15-7-6-11(8-14(15)23(27)28)12-9-13(10-4-2-1-3-5-10)20-17-16(12)18(25)22-19(26)21-17/h1-9,12,24H,(H3,20,21,22,25,26). The van der Waals surface area contributed by atoms with Crippen molar-refractivity contribution < 1.29 is 10.0 Å². The summed E-state index contributed by atoms with van der Waals surface area (Å²) in [6, 6.07) is 13.2. The number of phenolic OH excluding ortho intramolecular Hbond substituents is 1. The Morgan fingerprint density at radius 2 is 1.79 bits per heavy atom. The average molecular weight is 378 g/mol. The molecule has 4 rings (SSSR count). The summed E-state index contributed by atoms with van der Waals surface area (Å²) in [6.07, 6.45) is 1.75. The van der Waals surface area contributed by atoms with Gasteiger partial charge in [-0.05, 0) is 23.3 Å². The topological polar surface area (TPSA) is 141 Å². The zero-order valence-corrected chi connectivity index (χ0v) is 14.3. The molecular weight excluding hydrogens is 364 g/mol. The number of aromatic nitrogens is 2. The van der Waals surface area contributed by atoms with Crippen molar-refractivity contribution in [1.82, 2.24) is 9.97 Å². The second-order valence-electron chi connectivity index (χ2n) is 6.25. The Labute approximate surface area is 157 Å². The van der Waals surface area contributed by atoms with Gasteiger partial charge < -0.3 is 10.4 Å². The lowest BCUT2D eigenvalue weighted by Gasteiger charge is -2.25. The predicted octanol–water partition coefficient (Wildman–Crippen LogP) is 2.28. The molecule has 0 spiro atoms. The van der Waals surface area contributed by atoms with Gasteiger partial charge in [0.2, 0.25) is 0 Å². The van der Waals surface area contributed by atoms with E-state index in [9.17, 15) is 24.8 Å². The van der Waals surface area contributed by atoms with E-state index in [0.29, 0.717) is 11.3 Å². The van der Waals surface area contributed by atoms with E-state index in [4.69, 9.17) is 0 Å². The summed E-state index contributed by atoms with van der Waals surface area (Å²) in [5.74, 6) is -0.923. The third-order valence-corrected chi connectivity index (χ3v) is 4.52. The molecule has 0 amide bonds. The van der Waals surface area contributed by atoms with Crippen LogP contribution in [0.3, 0.4) is 0 Å². The molecule has 1 atom stereocenters. The van der Waals surface area contributed by atoms with Gasteiger partial charge in [0.25, 0.3) is 5.56 Å². The molecule has 4 N–H and O–H groups in total. The van der Waals surface area contributed by atoms with Gasteiger partial charge in [-0.1, -0.05) is 36.4 Å². The van der Waals surface area contributed by atoms with Crippen molar-refractivity contribution in [3.63, 3.8) is 0 Å². The normalized spacial score (nSPS) is 15.3. The number of nitrogens with one attached hydrogen (secondary N) is 3. The molecule has 1 aliphatic heterocycles. The van der Waals surface area contributed by atoms with Gasteiger partial charge in [0.15, 0.2) is 5.75 Å². The molecule has 0 radical (unpaired) electrons. The summed E-state index contributed by atoms with van der Waals surface area (Å²) in [7, 11) is 0. The minimum Gasteiger partial charge on any atom is -0.502 e. The van der Waals surface area contributed by atoms with E-state index in [1.54, 1.807) is 6.08 Å². The van der Waals surface area contributed by atoms with Crippen LogP contribution in [0.5, 0.6) is 5.75 Å². The number of rotatable bonds is 3. The van der Waals surface area contributed by atoms with Crippen LogP contribution >= 0.6 is 0 Å². The number of fused-ring (bicyclic) bond motifs is 1. The van der Waals surface area contributed by atoms with Crippen LogP contribution < -0.4 is 16.6 Å². The first-order valence-electron chi connectivity index (χ1n) is 8.32. The van der Waals surface area contributed by atoms with Crippen LogP contribution in [-0.4, -0.2) is 20.0 Å². The Kier molecular flexibility index (Phi) is 4.04. The highest BCUT2D eigenvalue weighted by molar-refractivity contribution is 5.81. The van der Waals surface area contributed by atoms with E-state index in [0.717, 1.165) is 5.56 Å². The highest BCUT2D eigenvalue weighted by Gasteiger charge is 2.28. The molecule has 1 aliphatic rings. The fraction of sp³-hybridized carbons (Fsp3) is 0.0526. The third kappa shape index (κ3) is 2.94. The molecule has 140 valence electrons. The van der Waals surface area contributed by atoms with Gasteiger partial charge in [-0.15, -0.1) is 0 Å². The van der Waals surface area contributed by atoms with Gasteiger partial charge in [0, 0.05) is 17.7 Å². The lowest BCUT2D eigenvalue weighted by molar-refractivity contribution is -0.385. The molecule has 1 unspecified atom stereocenters. The average Bonchev–Trinajstić information content (AvgIpc) is 2.67. The number of aromatic hydroxyl groups is 1. The first-order chi connectivity index (χ1) is 13.4. The van der Waals surface area contributed by atoms with Crippen molar-refractivity contribution >= 4 is 17.2 Å². The van der Waals surface area contributed by atoms with Crippen LogP contribution in [0.25, 0.3) is 5.70 Å². The van der Waals surface area contributed by atoms with Crippen molar-refractivity contribution in [3.8, 4) is 5.75 Å². The number of aromatic amines is 2. The maximum Gasteiger partial charge on any atom is 0.327 e. The molecule has 2 heterocycles. The quantitative estimate of drug-likeness (QED) is 0.407. The number of allylic oxidation sites excluding steroid dienone is 1. The molecule has 0 saturated heterocycles. The highest BCUT2D eigenvalue weighted by Crippen LogP contribution is 2.38. The largest absolute Gasteiger partial charge is 0.502 e. The number of H-pyrrole nitrogens is 2. The van der Waals surface area contributed by atoms with Crippen LogP contribution in [-0.2, 0) is 0 Å². The van der Waals surface area contributed by atoms with Crippen LogP contribution in [0.4, 0.5) is 11.5 Å². The van der Waals surface area contributed by atoms with Crippen molar-refractivity contribution in [2.45, 2.75) is 5.92 Å². The molecule has 0 fully saturated rings. The van der Waals surface area contributed by atoms with E-state index in [1.165, 1.54) is 18.2 Å². The minimum absolute atomic E-state index is 0.218. The SMILES string of the molecule is O=c1[nH]c2c(c(=O)[nH]1)C(c1ccc(O)c([N+](=O)[O-])c1)C=C(c1ccccc1)N2. The van der Waals surface area contributed by atoms with Gasteiger partial charge in [0.1, 0.15) is 5.82 Å². The van der Waals surface area contributed by atoms with Gasteiger partial charge >= 0.3 is 11.4 Å². The van der Waals surface area contributed by atoms with Crippen LogP contribution in [0.1, 0.15) is 22.6 Å². The number of nitrogens with zero attached hydrogens (tertiary/aromatic N) is 1. The first-order valence-corrected chi connectivity index (χ1v) is 8.32. The summed E-state index contributed by atoms with van der Waals surface area (Å²) in [5, 5.41) is 24.0. The van der Waals surface area contributed by atoms with Crippen molar-refractivity contribution in [2.24, 2.45) is 0 Å². The Bertz CT molecular complexity index is 1230. The Morgan fingerprint density at radius 1 is 1.04 bits per heavy atom. The molecule has 9 heteroatoms. The molecule has 9 nitrogen and oxygen atoms in total. The number of nitro benzene ring substituents is 1. The highest BCUT2D eigenvalue weighted by atomic mass is 16.6. The van der Waals surface area contributed by atoms with Crippen molar-refractivity contribution in [1.29, 1.82) is 0 Å². The number of nitro groups is 1. The van der Waals surface area contributed by atoms with E-state index in [1.807, 2.05) is 30.3 Å². The molecule has 28 heavy (non-hydrogen) atoms. The zero-order chi connectivity index (χ0) is 19.8. The molecular formula is C19H14N4O5. The van der Waals surface area contributed by atoms with E-state index in [-0.39, 0.29) is 11.4 Å². The van der Waals surface area contributed by atoms with Crippen molar-refractivity contribution in [2.75, 3.05) is 5.32 Å². The summed E-state index contributed by atoms with van der Waals surface area (Å²) in [5.41, 5.74) is 0.365. The van der Waals surface area contributed by atoms with E-state index < -0.39 is 33.5 Å². The number of anilines is 1. The molecule has 1 aromatic heterocycles. The summed E-state index contributed by atoms with van der Waals surface area (Å²) in [6.45, 7) is 0. The third-order valence-electron chi connectivity index (χ3n) is 4.52. The predicted molar refractivity (Wildman–Crippen MR) is 102 cm³/mol. The van der Waals surface area contributed by atoms with Crippen molar-refractivity contribution in [3.05, 3.63) is 102 Å². The number of phenols is 1. The maximum atomic E-state index is 12.5. The zero-order valence-electron chi connectivity index (χ0n) is 14.3. The molecule has 2 aromatic carbocycles. The number of benzene rings is 2. The van der Waals surface area contributed by atoms with Gasteiger partial charge in [-0.3, -0.25) is 24.9 Å². The van der Waals surface area contributed by atoms with Crippen LogP contribution in [0, 0.1) is 10.1 Å². The Balaban J connectivity index is 1.95. The van der Waals surface area contributed by atoms with Crippen LogP contribution in [0.2, 0.25) is 0 Å². The van der Waals surface area contributed by atoms with E-state index >= 15 is 0 Å². The Morgan fingerprint density at radius 3 is 2.50 bits per heavy atom. The summed E-state index contributed by atoms with van der Waals surface area (Å²) < 4.78 is 0. The smallest absolute Gasteiger partial charge is 0.327 e. The molecule has 0 aliphatic carbocycles. The van der Waals surface area contributed by atoms with Gasteiger partial charge in [-0.25, -0.2) is 4.79 Å². The number of hydrogen-bond donors (Lipinski definition) is 4. The summed E-state index contributed by atoms with van der Waals surface area (Å²) in [4.78, 5) is 39.5. The lowest BCUT2D eigenvalue weighted by Crippen LogP contribution is -2.31. The van der Waals surface area contributed by atoms with E-state index in [2.05, 4.69) is 15.3 Å². The fourth-order valence-electron chi connectivity index (χ4n) is 3.25. The fourth-order valence-corrected chi connectivity index (χ4v) is 3.25. The minimum atomic E-state index is -0.695. The first kappa shape index (κ1) is 17.3. The second kappa shape index (κ2) is 6.54. The van der Waals surface area contributed by atoms with Crippen LogP contribution in [0.15, 0.2) is 64.2 Å². The molecule has 0 saturated carbocycles. The second-order valence-corrected chi connectivity index (χ2v) is 6.25. The maximum absolute atomic E-state index is 12.5. The lowest BCUT2D eigenvalue weighted by atomic mass is 9.87. The summed E-state index contributed by atoms with van der Waals surface area (Å²) >= 11 is 0.